The molecule has 0 aliphatic rings. The Morgan fingerprint density at radius 3 is 2.69 bits per heavy atom. The van der Waals surface area contributed by atoms with Crippen molar-refractivity contribution in [2.75, 3.05) is 5.32 Å². The van der Waals surface area contributed by atoms with Gasteiger partial charge in [0.2, 0.25) is 0 Å². The highest BCUT2D eigenvalue weighted by atomic mass is 35.5. The monoisotopic (exact) mass is 402 g/mol. The van der Waals surface area contributed by atoms with Crippen molar-refractivity contribution in [1.82, 2.24) is 14.8 Å². The molecule has 4 aromatic rings. The molecule has 0 aliphatic heterocycles. The lowest BCUT2D eigenvalue weighted by atomic mass is 10.2. The van der Waals surface area contributed by atoms with E-state index in [2.05, 4.69) is 15.4 Å². The second-order valence-electron chi connectivity index (χ2n) is 5.93. The summed E-state index contributed by atoms with van der Waals surface area (Å²) in [6.45, 7) is 4.55. The lowest BCUT2D eigenvalue weighted by Crippen LogP contribution is -2.09. The Kier molecular flexibility index (Phi) is 4.52. The summed E-state index contributed by atoms with van der Waals surface area (Å²) in [5.74, 6) is -0.141. The molecule has 26 heavy (non-hydrogen) atoms. The average molecular weight is 403 g/mol. The molecule has 0 atom stereocenters. The Morgan fingerprint density at radius 1 is 1.23 bits per heavy atom. The number of benzene rings is 1. The molecule has 0 saturated carbocycles. The smallest absolute Gasteiger partial charge is 0.267 e. The molecule has 3 aromatic heterocycles. The van der Waals surface area contributed by atoms with Gasteiger partial charge >= 0.3 is 0 Å². The van der Waals surface area contributed by atoms with Gasteiger partial charge in [0.25, 0.3) is 5.91 Å². The molecule has 3 heterocycles. The standard InChI is InChI=1S/C18H15ClN4OS2/c1-10-8-20-18(25-10)21-16(24)15-7-14-11(2)22-23(17(14)26-15)9-12-3-5-13(19)6-4-12/h3-8H,9H2,1-2H3,(H,20,21,24). The number of nitrogens with one attached hydrogen (secondary N) is 1. The van der Waals surface area contributed by atoms with Crippen LogP contribution >= 0.6 is 34.3 Å². The topological polar surface area (TPSA) is 59.8 Å². The minimum Gasteiger partial charge on any atom is -0.297 e. The van der Waals surface area contributed by atoms with E-state index >= 15 is 0 Å². The number of rotatable bonds is 4. The number of carbonyl (C=O) groups is 1. The third kappa shape index (κ3) is 3.38. The summed E-state index contributed by atoms with van der Waals surface area (Å²) < 4.78 is 1.93. The Labute approximate surface area is 163 Å². The predicted octanol–water partition coefficient (Wildman–Crippen LogP) is 5.13. The Bertz CT molecular complexity index is 1090. The zero-order valence-electron chi connectivity index (χ0n) is 14.1. The predicted molar refractivity (Wildman–Crippen MR) is 108 cm³/mol. The summed E-state index contributed by atoms with van der Waals surface area (Å²) in [6, 6.07) is 9.60. The van der Waals surface area contributed by atoms with E-state index in [1.54, 1.807) is 6.20 Å². The van der Waals surface area contributed by atoms with Gasteiger partial charge in [-0.05, 0) is 37.6 Å². The van der Waals surface area contributed by atoms with Crippen LogP contribution in [0.25, 0.3) is 10.2 Å². The van der Waals surface area contributed by atoms with Gasteiger partial charge in [-0.2, -0.15) is 5.10 Å². The van der Waals surface area contributed by atoms with Gasteiger partial charge in [-0.1, -0.05) is 23.7 Å². The number of thiazole rings is 1. The highest BCUT2D eigenvalue weighted by molar-refractivity contribution is 7.20. The van der Waals surface area contributed by atoms with Crippen LogP contribution in [0, 0.1) is 13.8 Å². The van der Waals surface area contributed by atoms with Gasteiger partial charge in [0.05, 0.1) is 17.1 Å². The molecule has 1 aromatic carbocycles. The molecule has 0 aliphatic carbocycles. The minimum atomic E-state index is -0.141. The molecular weight excluding hydrogens is 388 g/mol. The van der Waals surface area contributed by atoms with Crippen LogP contribution < -0.4 is 5.32 Å². The maximum atomic E-state index is 12.5. The van der Waals surface area contributed by atoms with Crippen molar-refractivity contribution in [2.24, 2.45) is 0 Å². The first-order chi connectivity index (χ1) is 12.5. The first-order valence-electron chi connectivity index (χ1n) is 7.95. The molecule has 1 N–H and O–H groups in total. The number of carbonyl (C=O) groups excluding carboxylic acids is 1. The zero-order valence-corrected chi connectivity index (χ0v) is 16.5. The molecule has 132 valence electrons. The van der Waals surface area contributed by atoms with E-state index in [4.69, 9.17) is 11.6 Å². The van der Waals surface area contributed by atoms with Crippen molar-refractivity contribution in [3.05, 3.63) is 62.6 Å². The number of thiophene rings is 1. The second kappa shape index (κ2) is 6.83. The van der Waals surface area contributed by atoms with Gasteiger partial charge in [0.15, 0.2) is 5.13 Å². The van der Waals surface area contributed by atoms with E-state index in [0.717, 1.165) is 26.4 Å². The lowest BCUT2D eigenvalue weighted by Gasteiger charge is -2.03. The molecule has 8 heteroatoms. The van der Waals surface area contributed by atoms with Crippen molar-refractivity contribution in [2.45, 2.75) is 20.4 Å². The number of hydrogen-bond donors (Lipinski definition) is 1. The summed E-state index contributed by atoms with van der Waals surface area (Å²) in [5, 5.41) is 9.80. The Balaban J connectivity index is 1.62. The minimum absolute atomic E-state index is 0.141. The van der Waals surface area contributed by atoms with Gasteiger partial charge in [0, 0.05) is 21.5 Å². The molecule has 4 rings (SSSR count). The van der Waals surface area contributed by atoms with Gasteiger partial charge in [-0.25, -0.2) is 4.98 Å². The zero-order chi connectivity index (χ0) is 18.3. The number of nitrogens with zero attached hydrogens (tertiary/aromatic N) is 3. The van der Waals surface area contributed by atoms with E-state index in [9.17, 15) is 4.79 Å². The summed E-state index contributed by atoms with van der Waals surface area (Å²) in [7, 11) is 0. The van der Waals surface area contributed by atoms with Crippen LogP contribution in [0.15, 0.2) is 36.5 Å². The van der Waals surface area contributed by atoms with Gasteiger partial charge in [-0.15, -0.1) is 22.7 Å². The number of aromatic nitrogens is 3. The summed E-state index contributed by atoms with van der Waals surface area (Å²) in [6.07, 6.45) is 1.75. The number of aryl methyl sites for hydroxylation is 2. The van der Waals surface area contributed by atoms with Gasteiger partial charge < -0.3 is 0 Å². The number of anilines is 1. The van der Waals surface area contributed by atoms with Crippen LogP contribution in [0.3, 0.4) is 0 Å². The fourth-order valence-electron chi connectivity index (χ4n) is 2.67. The normalized spacial score (nSPS) is 11.2. The van der Waals surface area contributed by atoms with Gasteiger partial charge in [-0.3, -0.25) is 14.8 Å². The number of halogens is 1. The highest BCUT2D eigenvalue weighted by Gasteiger charge is 2.17. The van der Waals surface area contributed by atoms with Crippen LogP contribution in [0.5, 0.6) is 0 Å². The largest absolute Gasteiger partial charge is 0.297 e. The van der Waals surface area contributed by atoms with E-state index in [1.807, 2.05) is 48.9 Å². The molecule has 1 amide bonds. The molecule has 0 saturated heterocycles. The maximum absolute atomic E-state index is 12.5. The van der Waals surface area contributed by atoms with E-state index in [-0.39, 0.29) is 5.91 Å². The first kappa shape index (κ1) is 17.2. The SMILES string of the molecule is Cc1cnc(NC(=O)c2cc3c(C)nn(Cc4ccc(Cl)cc4)c3s2)s1. The third-order valence-corrected chi connectivity index (χ3v) is 6.15. The van der Waals surface area contributed by atoms with Crippen molar-refractivity contribution in [3.8, 4) is 0 Å². The molecule has 0 unspecified atom stereocenters. The van der Waals surface area contributed by atoms with E-state index < -0.39 is 0 Å². The summed E-state index contributed by atoms with van der Waals surface area (Å²) in [5.41, 5.74) is 2.02. The molecular formula is C18H15ClN4OS2. The maximum Gasteiger partial charge on any atom is 0.267 e. The van der Waals surface area contributed by atoms with Crippen molar-refractivity contribution < 1.29 is 4.79 Å². The lowest BCUT2D eigenvalue weighted by molar-refractivity contribution is 0.103. The molecule has 0 spiro atoms. The Morgan fingerprint density at radius 2 is 2.00 bits per heavy atom. The Hall–Kier alpha value is -2.22. The highest BCUT2D eigenvalue weighted by Crippen LogP contribution is 2.30. The van der Waals surface area contributed by atoms with Crippen LogP contribution in [0.1, 0.15) is 25.8 Å². The number of amides is 1. The van der Waals surface area contributed by atoms with Crippen LogP contribution in [-0.4, -0.2) is 20.7 Å². The summed E-state index contributed by atoms with van der Waals surface area (Å²) in [4.78, 5) is 19.4. The van der Waals surface area contributed by atoms with Crippen molar-refractivity contribution >= 4 is 55.5 Å². The van der Waals surface area contributed by atoms with E-state index in [0.29, 0.717) is 21.6 Å². The third-order valence-electron chi connectivity index (χ3n) is 3.92. The average Bonchev–Trinajstić information content (AvgIpc) is 3.28. The summed E-state index contributed by atoms with van der Waals surface area (Å²) >= 11 is 8.85. The fourth-order valence-corrected chi connectivity index (χ4v) is 4.51. The molecule has 0 fully saturated rings. The molecule has 0 radical (unpaired) electrons. The second-order valence-corrected chi connectivity index (χ2v) is 8.63. The number of fused-ring (bicyclic) bond motifs is 1. The van der Waals surface area contributed by atoms with Gasteiger partial charge in [0.1, 0.15) is 4.83 Å². The van der Waals surface area contributed by atoms with E-state index in [1.165, 1.54) is 22.7 Å². The fraction of sp³-hybridized carbons (Fsp3) is 0.167. The van der Waals surface area contributed by atoms with Crippen molar-refractivity contribution in [1.29, 1.82) is 0 Å². The molecule has 5 nitrogen and oxygen atoms in total. The number of hydrogen-bond acceptors (Lipinski definition) is 5. The van der Waals surface area contributed by atoms with Crippen LogP contribution in [0.4, 0.5) is 5.13 Å². The first-order valence-corrected chi connectivity index (χ1v) is 9.96. The van der Waals surface area contributed by atoms with Crippen LogP contribution in [-0.2, 0) is 6.54 Å². The quantitative estimate of drug-likeness (QED) is 0.515. The van der Waals surface area contributed by atoms with Crippen LogP contribution in [0.2, 0.25) is 5.02 Å². The molecule has 0 bridgehead atoms. The van der Waals surface area contributed by atoms with Crippen molar-refractivity contribution in [3.63, 3.8) is 0 Å².